The zero-order valence-corrected chi connectivity index (χ0v) is 15.5. The lowest BCUT2D eigenvalue weighted by Gasteiger charge is -2.12. The lowest BCUT2D eigenvalue weighted by molar-refractivity contribution is -0.140. The van der Waals surface area contributed by atoms with Crippen LogP contribution in [0.1, 0.15) is 48.2 Å². The molecule has 8 heteroatoms. The number of nitrogens with zero attached hydrogens (tertiary/aromatic N) is 1. The van der Waals surface area contributed by atoms with Crippen LogP contribution in [0.2, 0.25) is 0 Å². The topological polar surface area (TPSA) is 42.0 Å². The molecule has 0 bridgehead atoms. The normalized spacial score (nSPS) is 17.1. The molecule has 1 N–H and O–H groups in total. The molecular formula is C18H17F3N2OS2. The van der Waals surface area contributed by atoms with Crippen LogP contribution < -0.4 is 5.32 Å². The molecule has 0 unspecified atom stereocenters. The third-order valence-electron chi connectivity index (χ3n) is 4.74. The van der Waals surface area contributed by atoms with Crippen molar-refractivity contribution >= 4 is 33.6 Å². The number of alkyl halides is 3. The van der Waals surface area contributed by atoms with E-state index in [1.807, 2.05) is 6.08 Å². The van der Waals surface area contributed by atoms with Crippen molar-refractivity contribution in [3.63, 3.8) is 0 Å². The van der Waals surface area contributed by atoms with Gasteiger partial charge in [0, 0.05) is 21.4 Å². The summed E-state index contributed by atoms with van der Waals surface area (Å²) in [5, 5.41) is 4.98. The fourth-order valence-electron chi connectivity index (χ4n) is 3.46. The second kappa shape index (κ2) is 6.81. The van der Waals surface area contributed by atoms with E-state index in [4.69, 9.17) is 0 Å². The summed E-state index contributed by atoms with van der Waals surface area (Å²) in [7, 11) is 0. The summed E-state index contributed by atoms with van der Waals surface area (Å²) in [6.45, 7) is 0. The van der Waals surface area contributed by atoms with Crippen molar-refractivity contribution in [3.8, 4) is 10.6 Å². The highest BCUT2D eigenvalue weighted by molar-refractivity contribution is 7.18. The Morgan fingerprint density at radius 2 is 1.96 bits per heavy atom. The van der Waals surface area contributed by atoms with Gasteiger partial charge in [0.15, 0.2) is 5.69 Å². The summed E-state index contributed by atoms with van der Waals surface area (Å²) < 4.78 is 38.9. The Hall–Kier alpha value is -1.67. The van der Waals surface area contributed by atoms with Crippen LogP contribution in [-0.2, 0) is 23.8 Å². The quantitative estimate of drug-likeness (QED) is 0.708. The van der Waals surface area contributed by atoms with Crippen LogP contribution in [0.25, 0.3) is 10.6 Å². The Morgan fingerprint density at radius 1 is 1.15 bits per heavy atom. The number of allylic oxidation sites excluding steroid dienone is 1. The molecule has 0 spiro atoms. The van der Waals surface area contributed by atoms with Crippen molar-refractivity contribution in [2.45, 2.75) is 51.1 Å². The molecule has 3 nitrogen and oxygen atoms in total. The number of nitrogens with one attached hydrogen (secondary N) is 1. The highest BCUT2D eigenvalue weighted by atomic mass is 32.1. The van der Waals surface area contributed by atoms with Gasteiger partial charge in [-0.25, -0.2) is 4.98 Å². The molecule has 2 aliphatic rings. The van der Waals surface area contributed by atoms with Crippen LogP contribution in [0.4, 0.5) is 18.2 Å². The smallest absolute Gasteiger partial charge is 0.313 e. The number of amides is 1. The molecule has 138 valence electrons. The standard InChI is InChI=1S/C18H17F3N2OS2/c19-18(20,21)13-9-25-16(22-13)14-11-7-3-4-8-12(11)26-17(14)23-15(24)10-5-1-2-6-10/h5,9H,1-4,6-8H2,(H,23,24). The summed E-state index contributed by atoms with van der Waals surface area (Å²) in [5.74, 6) is -0.144. The Bertz CT molecular complexity index is 880. The number of hydrogen-bond acceptors (Lipinski definition) is 4. The number of carbonyl (C=O) groups is 1. The van der Waals surface area contributed by atoms with Gasteiger partial charge in [-0.05, 0) is 50.5 Å². The fraction of sp³-hybridized carbons (Fsp3) is 0.444. The van der Waals surface area contributed by atoms with Crippen molar-refractivity contribution < 1.29 is 18.0 Å². The largest absolute Gasteiger partial charge is 0.434 e. The van der Waals surface area contributed by atoms with Crippen molar-refractivity contribution in [1.29, 1.82) is 0 Å². The number of carbonyl (C=O) groups excluding carboxylic acids is 1. The summed E-state index contributed by atoms with van der Waals surface area (Å²) >= 11 is 2.48. The lowest BCUT2D eigenvalue weighted by Crippen LogP contribution is -2.13. The summed E-state index contributed by atoms with van der Waals surface area (Å²) in [6.07, 6.45) is 3.90. The van der Waals surface area contributed by atoms with Gasteiger partial charge in [0.25, 0.3) is 5.91 Å². The van der Waals surface area contributed by atoms with Gasteiger partial charge < -0.3 is 5.32 Å². The third-order valence-corrected chi connectivity index (χ3v) is 6.81. The van der Waals surface area contributed by atoms with E-state index in [1.165, 1.54) is 11.3 Å². The first-order valence-corrected chi connectivity index (χ1v) is 10.3. The number of halogens is 3. The van der Waals surface area contributed by atoms with Crippen LogP contribution in [0.3, 0.4) is 0 Å². The number of anilines is 1. The van der Waals surface area contributed by atoms with Gasteiger partial charge in [-0.1, -0.05) is 6.08 Å². The van der Waals surface area contributed by atoms with E-state index >= 15 is 0 Å². The van der Waals surface area contributed by atoms with E-state index in [9.17, 15) is 18.0 Å². The van der Waals surface area contributed by atoms with Gasteiger partial charge in [0.05, 0.1) is 0 Å². The Labute approximate surface area is 157 Å². The van der Waals surface area contributed by atoms with E-state index in [-0.39, 0.29) is 5.91 Å². The van der Waals surface area contributed by atoms with E-state index in [0.29, 0.717) is 15.6 Å². The van der Waals surface area contributed by atoms with Gasteiger partial charge in [-0.15, -0.1) is 22.7 Å². The average molecular weight is 398 g/mol. The monoisotopic (exact) mass is 398 g/mol. The fourth-order valence-corrected chi connectivity index (χ4v) is 5.71. The first-order chi connectivity index (χ1) is 12.4. The summed E-state index contributed by atoms with van der Waals surface area (Å²) in [6, 6.07) is 0. The van der Waals surface area contributed by atoms with Crippen LogP contribution in [0, 0.1) is 0 Å². The van der Waals surface area contributed by atoms with Crippen LogP contribution in [-0.4, -0.2) is 10.9 Å². The predicted octanol–water partition coefficient (Wildman–Crippen LogP) is 5.82. The molecule has 1 amide bonds. The zero-order chi connectivity index (χ0) is 18.3. The molecule has 0 saturated heterocycles. The van der Waals surface area contributed by atoms with Gasteiger partial charge in [-0.2, -0.15) is 13.2 Å². The number of hydrogen-bond donors (Lipinski definition) is 1. The molecule has 2 aromatic heterocycles. The maximum absolute atomic E-state index is 13.0. The van der Waals surface area contributed by atoms with E-state index in [1.54, 1.807) is 0 Å². The molecule has 2 heterocycles. The molecule has 0 atom stereocenters. The number of rotatable bonds is 3. The van der Waals surface area contributed by atoms with Crippen LogP contribution >= 0.6 is 22.7 Å². The number of thiophene rings is 1. The van der Waals surface area contributed by atoms with Crippen LogP contribution in [0.15, 0.2) is 17.0 Å². The molecule has 4 rings (SSSR count). The second-order valence-electron chi connectivity index (χ2n) is 6.53. The highest BCUT2D eigenvalue weighted by Gasteiger charge is 2.35. The van der Waals surface area contributed by atoms with E-state index < -0.39 is 11.9 Å². The van der Waals surface area contributed by atoms with Crippen molar-refractivity contribution in [2.75, 3.05) is 5.32 Å². The maximum atomic E-state index is 13.0. The van der Waals surface area contributed by atoms with Gasteiger partial charge >= 0.3 is 6.18 Å². The molecule has 0 radical (unpaired) electrons. The number of fused-ring (bicyclic) bond motifs is 1. The van der Waals surface area contributed by atoms with E-state index in [0.717, 1.165) is 77.7 Å². The minimum Gasteiger partial charge on any atom is -0.313 e. The maximum Gasteiger partial charge on any atom is 0.434 e. The van der Waals surface area contributed by atoms with Gasteiger partial charge in [0.2, 0.25) is 0 Å². The molecule has 2 aromatic rings. The number of thiazole rings is 1. The van der Waals surface area contributed by atoms with Crippen molar-refractivity contribution in [2.24, 2.45) is 0 Å². The summed E-state index contributed by atoms with van der Waals surface area (Å²) in [4.78, 5) is 17.5. The Morgan fingerprint density at radius 3 is 2.65 bits per heavy atom. The predicted molar refractivity (Wildman–Crippen MR) is 97.6 cm³/mol. The third kappa shape index (κ3) is 3.32. The molecule has 0 aliphatic heterocycles. The van der Waals surface area contributed by atoms with E-state index in [2.05, 4.69) is 10.3 Å². The Kier molecular flexibility index (Phi) is 4.64. The molecule has 26 heavy (non-hydrogen) atoms. The van der Waals surface area contributed by atoms with Crippen molar-refractivity contribution in [1.82, 2.24) is 4.98 Å². The SMILES string of the molecule is O=C(Nc1sc2c(c1-c1nc(C(F)(F)F)cs1)CCCC2)C1=CCCC1. The molecule has 2 aliphatic carbocycles. The van der Waals surface area contributed by atoms with Gasteiger partial charge in [0.1, 0.15) is 10.0 Å². The van der Waals surface area contributed by atoms with Crippen LogP contribution in [0.5, 0.6) is 0 Å². The summed E-state index contributed by atoms with van der Waals surface area (Å²) in [5.41, 5.74) is 1.64. The highest BCUT2D eigenvalue weighted by Crippen LogP contribution is 2.46. The molecule has 0 fully saturated rings. The number of aryl methyl sites for hydroxylation is 1. The van der Waals surface area contributed by atoms with Crippen molar-refractivity contribution in [3.05, 3.63) is 33.2 Å². The zero-order valence-electron chi connectivity index (χ0n) is 13.9. The lowest BCUT2D eigenvalue weighted by atomic mass is 9.95. The van der Waals surface area contributed by atoms with Gasteiger partial charge in [-0.3, -0.25) is 4.79 Å². The first kappa shape index (κ1) is 17.7. The average Bonchev–Trinajstić information content (AvgIpc) is 3.32. The second-order valence-corrected chi connectivity index (χ2v) is 8.49. The number of aromatic nitrogens is 1. The minimum absolute atomic E-state index is 0.144. The first-order valence-electron chi connectivity index (χ1n) is 8.61. The molecule has 0 saturated carbocycles. The Balaban J connectivity index is 1.73. The molecule has 0 aromatic carbocycles. The molecular weight excluding hydrogens is 381 g/mol. The minimum atomic E-state index is -4.46.